The second kappa shape index (κ2) is 6.15. The van der Waals surface area contributed by atoms with Gasteiger partial charge in [-0.05, 0) is 29.8 Å². The van der Waals surface area contributed by atoms with E-state index in [0.717, 1.165) is 38.5 Å². The van der Waals surface area contributed by atoms with E-state index < -0.39 is 0 Å². The minimum absolute atomic E-state index is 0.0720. The van der Waals surface area contributed by atoms with Crippen molar-refractivity contribution in [3.63, 3.8) is 0 Å². The number of nitrogens with one attached hydrogen (secondary N) is 1. The molecule has 0 fully saturated rings. The highest BCUT2D eigenvalue weighted by molar-refractivity contribution is 8.00. The van der Waals surface area contributed by atoms with Crippen molar-refractivity contribution < 1.29 is 4.79 Å². The number of thioether (sulfide) groups is 1. The first-order chi connectivity index (χ1) is 13.3. The largest absolute Gasteiger partial charge is 0.354 e. The van der Waals surface area contributed by atoms with Crippen LogP contribution in [-0.2, 0) is 0 Å². The Morgan fingerprint density at radius 1 is 0.889 bits per heavy atom. The third kappa shape index (κ3) is 2.48. The maximum absolute atomic E-state index is 13.3. The van der Waals surface area contributed by atoms with Crippen molar-refractivity contribution in [2.45, 2.75) is 10.1 Å². The summed E-state index contributed by atoms with van der Waals surface area (Å²) in [6, 6.07) is 25.6. The number of hydrogen-bond acceptors (Lipinski definition) is 4. The Morgan fingerprint density at radius 3 is 2.37 bits per heavy atom. The summed E-state index contributed by atoms with van der Waals surface area (Å²) in [4.78, 5) is 14.4. The van der Waals surface area contributed by atoms with Crippen LogP contribution >= 0.6 is 11.8 Å². The van der Waals surface area contributed by atoms with Crippen LogP contribution in [0.2, 0.25) is 0 Å². The van der Waals surface area contributed by atoms with Gasteiger partial charge in [-0.2, -0.15) is 5.26 Å². The SMILES string of the molecule is N#Cc1ccc(C2Sc3ccccc3NC3=C2C(=O)c2ccccc23)cc1. The number of para-hydroxylation sites is 1. The molecule has 1 heterocycles. The molecule has 3 nitrogen and oxygen atoms in total. The van der Waals surface area contributed by atoms with Gasteiger partial charge in [0.05, 0.1) is 28.3 Å². The van der Waals surface area contributed by atoms with Gasteiger partial charge in [0, 0.05) is 21.6 Å². The fourth-order valence-electron chi connectivity index (χ4n) is 3.65. The van der Waals surface area contributed by atoms with E-state index in [9.17, 15) is 4.79 Å². The lowest BCUT2D eigenvalue weighted by Crippen LogP contribution is -2.07. The number of fused-ring (bicyclic) bond motifs is 3. The van der Waals surface area contributed by atoms with Crippen LogP contribution in [0.1, 0.15) is 32.3 Å². The average Bonchev–Trinajstić information content (AvgIpc) is 2.88. The van der Waals surface area contributed by atoms with E-state index in [2.05, 4.69) is 17.5 Å². The average molecular weight is 366 g/mol. The molecule has 1 atom stereocenters. The Bertz CT molecular complexity index is 1160. The maximum Gasteiger partial charge on any atom is 0.193 e. The molecule has 5 rings (SSSR count). The first kappa shape index (κ1) is 15.9. The highest BCUT2D eigenvalue weighted by Crippen LogP contribution is 2.52. The number of rotatable bonds is 1. The molecule has 0 saturated carbocycles. The van der Waals surface area contributed by atoms with E-state index in [-0.39, 0.29) is 11.0 Å². The number of anilines is 1. The van der Waals surface area contributed by atoms with Crippen molar-refractivity contribution in [2.24, 2.45) is 0 Å². The molecule has 0 saturated heterocycles. The summed E-state index contributed by atoms with van der Waals surface area (Å²) in [7, 11) is 0. The van der Waals surface area contributed by atoms with E-state index >= 15 is 0 Å². The third-order valence-corrected chi connectivity index (χ3v) is 6.30. The van der Waals surface area contributed by atoms with E-state index in [1.165, 1.54) is 0 Å². The lowest BCUT2D eigenvalue weighted by Gasteiger charge is -2.17. The summed E-state index contributed by atoms with van der Waals surface area (Å²) in [5.41, 5.74) is 6.01. The molecule has 3 aromatic carbocycles. The van der Waals surface area contributed by atoms with Crippen LogP contribution in [0.4, 0.5) is 5.69 Å². The number of ketones is 1. The quantitative estimate of drug-likeness (QED) is 0.624. The van der Waals surface area contributed by atoms with Gasteiger partial charge >= 0.3 is 0 Å². The highest BCUT2D eigenvalue weighted by atomic mass is 32.2. The van der Waals surface area contributed by atoms with Gasteiger partial charge in [0.25, 0.3) is 0 Å². The molecular weight excluding hydrogens is 352 g/mol. The summed E-state index contributed by atoms with van der Waals surface area (Å²) in [5.74, 6) is 0.0720. The van der Waals surface area contributed by atoms with Gasteiger partial charge in [-0.15, -0.1) is 11.8 Å². The van der Waals surface area contributed by atoms with Crippen molar-refractivity contribution in [1.82, 2.24) is 0 Å². The molecule has 27 heavy (non-hydrogen) atoms. The van der Waals surface area contributed by atoms with Gasteiger partial charge in [-0.1, -0.05) is 48.5 Å². The first-order valence-corrected chi connectivity index (χ1v) is 9.55. The number of nitrogens with zero attached hydrogens (tertiary/aromatic N) is 1. The topological polar surface area (TPSA) is 52.9 Å². The zero-order valence-electron chi connectivity index (χ0n) is 14.3. The van der Waals surface area contributed by atoms with Crippen molar-refractivity contribution in [1.29, 1.82) is 5.26 Å². The van der Waals surface area contributed by atoms with Crippen molar-refractivity contribution in [2.75, 3.05) is 5.32 Å². The highest BCUT2D eigenvalue weighted by Gasteiger charge is 2.37. The molecular formula is C23H14N2OS. The van der Waals surface area contributed by atoms with Crippen LogP contribution in [0.15, 0.2) is 83.3 Å². The van der Waals surface area contributed by atoms with Crippen LogP contribution < -0.4 is 5.32 Å². The predicted octanol–water partition coefficient (Wildman–Crippen LogP) is 5.42. The molecule has 3 aromatic rings. The number of Topliss-reactive ketones (excluding diaryl/α,β-unsaturated/α-hetero) is 1. The van der Waals surface area contributed by atoms with Gasteiger partial charge in [-0.3, -0.25) is 4.79 Å². The van der Waals surface area contributed by atoms with Crippen molar-refractivity contribution in [3.05, 3.63) is 101 Å². The van der Waals surface area contributed by atoms with Gasteiger partial charge in [0.2, 0.25) is 0 Å². The third-order valence-electron chi connectivity index (χ3n) is 4.95. The fraction of sp³-hybridized carbons (Fsp3) is 0.0435. The van der Waals surface area contributed by atoms with Crippen LogP contribution in [0.3, 0.4) is 0 Å². The second-order valence-corrected chi connectivity index (χ2v) is 7.66. The minimum Gasteiger partial charge on any atom is -0.354 e. The van der Waals surface area contributed by atoms with Crippen molar-refractivity contribution in [3.8, 4) is 6.07 Å². The molecule has 1 aliphatic heterocycles. The monoisotopic (exact) mass is 366 g/mol. The molecule has 1 unspecified atom stereocenters. The van der Waals surface area contributed by atoms with Gasteiger partial charge in [0.15, 0.2) is 5.78 Å². The van der Waals surface area contributed by atoms with Gasteiger partial charge < -0.3 is 5.32 Å². The molecule has 0 aromatic heterocycles. The van der Waals surface area contributed by atoms with Gasteiger partial charge in [-0.25, -0.2) is 0 Å². The van der Waals surface area contributed by atoms with Crippen LogP contribution in [0, 0.1) is 11.3 Å². The molecule has 0 spiro atoms. The van der Waals surface area contributed by atoms with E-state index in [0.29, 0.717) is 5.56 Å². The number of carbonyl (C=O) groups is 1. The minimum atomic E-state index is -0.135. The molecule has 1 N–H and O–H groups in total. The van der Waals surface area contributed by atoms with Crippen LogP contribution in [-0.4, -0.2) is 5.78 Å². The Labute approximate surface area is 161 Å². The normalized spacial score (nSPS) is 17.3. The predicted molar refractivity (Wildman–Crippen MR) is 108 cm³/mol. The lowest BCUT2D eigenvalue weighted by atomic mass is 10.00. The molecule has 2 aliphatic rings. The Hall–Kier alpha value is -3.29. The van der Waals surface area contributed by atoms with Gasteiger partial charge in [0.1, 0.15) is 0 Å². The smallest absolute Gasteiger partial charge is 0.193 e. The lowest BCUT2D eigenvalue weighted by molar-refractivity contribution is 0.103. The number of hydrogen-bond donors (Lipinski definition) is 1. The molecule has 128 valence electrons. The summed E-state index contributed by atoms with van der Waals surface area (Å²) in [6.07, 6.45) is 0. The summed E-state index contributed by atoms with van der Waals surface area (Å²) >= 11 is 1.67. The summed E-state index contributed by atoms with van der Waals surface area (Å²) in [6.45, 7) is 0. The molecule has 0 bridgehead atoms. The standard InChI is InChI=1S/C23H14N2OS/c24-13-14-9-11-15(12-10-14)23-20-21(16-5-1-2-6-17(16)22(20)26)25-18-7-3-4-8-19(18)27-23/h1-12,23,25H. The van der Waals surface area contributed by atoms with E-state index in [1.54, 1.807) is 11.8 Å². The molecule has 0 amide bonds. The van der Waals surface area contributed by atoms with Crippen LogP contribution in [0.5, 0.6) is 0 Å². The van der Waals surface area contributed by atoms with Crippen molar-refractivity contribution >= 4 is 28.9 Å². The van der Waals surface area contributed by atoms with E-state index in [4.69, 9.17) is 5.26 Å². The number of benzene rings is 3. The fourth-order valence-corrected chi connectivity index (χ4v) is 4.94. The molecule has 0 radical (unpaired) electrons. The maximum atomic E-state index is 13.3. The van der Waals surface area contributed by atoms with Crippen LogP contribution in [0.25, 0.3) is 5.70 Å². The molecule has 1 aliphatic carbocycles. The molecule has 4 heteroatoms. The summed E-state index contributed by atoms with van der Waals surface area (Å²) in [5, 5.41) is 12.5. The Balaban J connectivity index is 1.73. The Kier molecular flexibility index (Phi) is 3.63. The second-order valence-electron chi connectivity index (χ2n) is 6.52. The number of nitriles is 1. The summed E-state index contributed by atoms with van der Waals surface area (Å²) < 4.78 is 0. The Morgan fingerprint density at radius 2 is 1.59 bits per heavy atom. The zero-order valence-corrected chi connectivity index (χ0v) is 15.1. The number of carbonyl (C=O) groups excluding carboxylic acids is 1. The zero-order chi connectivity index (χ0) is 18.4. The van der Waals surface area contributed by atoms with E-state index in [1.807, 2.05) is 66.7 Å². The first-order valence-electron chi connectivity index (χ1n) is 8.67.